The van der Waals surface area contributed by atoms with Crippen LogP contribution in [0.2, 0.25) is 0 Å². The van der Waals surface area contributed by atoms with Gasteiger partial charge in [0.25, 0.3) is 9.05 Å². The minimum atomic E-state index is -3.51. The summed E-state index contributed by atoms with van der Waals surface area (Å²) in [5, 5.41) is 1.11. The molecule has 1 atom stereocenters. The fraction of sp³-hybridized carbons (Fsp3) is 0.800. The maximum Gasteiger partial charge on any atom is 0.254 e. The summed E-state index contributed by atoms with van der Waals surface area (Å²) in [5.41, 5.74) is 0. The first-order valence-electron chi connectivity index (χ1n) is 5.29. The average Bonchev–Trinajstić information content (AvgIpc) is 2.14. The summed E-state index contributed by atoms with van der Waals surface area (Å²) in [6.07, 6.45) is 5.07. The van der Waals surface area contributed by atoms with E-state index in [4.69, 9.17) is 10.7 Å². The topological polar surface area (TPSA) is 37.4 Å². The number of piperidine rings is 1. The molecule has 0 N–H and O–H groups in total. The van der Waals surface area contributed by atoms with Gasteiger partial charge in [-0.25, -0.2) is 8.42 Å². The SMILES string of the molecule is CC(C)N1CCCCC1/C=C\S(=O)(=O)Cl. The van der Waals surface area contributed by atoms with Gasteiger partial charge in [0.05, 0.1) is 0 Å². The molecule has 0 radical (unpaired) electrons. The Labute approximate surface area is 96.5 Å². The normalized spacial score (nSPS) is 25.2. The molecule has 0 aromatic carbocycles. The molecule has 5 heteroatoms. The second-order valence-corrected chi connectivity index (χ2v) is 6.71. The van der Waals surface area contributed by atoms with Crippen LogP contribution in [0, 0.1) is 0 Å². The van der Waals surface area contributed by atoms with Crippen molar-refractivity contribution < 1.29 is 8.42 Å². The fourth-order valence-corrected chi connectivity index (χ4v) is 2.56. The lowest BCUT2D eigenvalue weighted by Crippen LogP contribution is -2.42. The third-order valence-electron chi connectivity index (χ3n) is 2.72. The lowest BCUT2D eigenvalue weighted by atomic mass is 10.0. The molecular weight excluding hydrogens is 234 g/mol. The predicted octanol–water partition coefficient (Wildman–Crippen LogP) is 2.33. The zero-order valence-corrected chi connectivity index (χ0v) is 10.8. The second kappa shape index (κ2) is 5.32. The van der Waals surface area contributed by atoms with E-state index >= 15 is 0 Å². The molecule has 1 saturated heterocycles. The maximum atomic E-state index is 10.8. The van der Waals surface area contributed by atoms with Crippen LogP contribution in [0.25, 0.3) is 0 Å². The van der Waals surface area contributed by atoms with E-state index in [-0.39, 0.29) is 6.04 Å². The molecular formula is C10H18ClNO2S. The van der Waals surface area contributed by atoms with E-state index in [9.17, 15) is 8.42 Å². The summed E-state index contributed by atoms with van der Waals surface area (Å²) >= 11 is 0. The van der Waals surface area contributed by atoms with Gasteiger partial charge in [0.1, 0.15) is 0 Å². The van der Waals surface area contributed by atoms with Crippen molar-refractivity contribution in [2.45, 2.75) is 45.2 Å². The van der Waals surface area contributed by atoms with Crippen molar-refractivity contribution in [1.82, 2.24) is 4.90 Å². The van der Waals surface area contributed by atoms with E-state index in [1.54, 1.807) is 6.08 Å². The standard InChI is InChI=1S/C10H18ClNO2S/c1-9(2)12-7-4-3-5-10(12)6-8-15(11,13)14/h6,8-10H,3-5,7H2,1-2H3/b8-6-. The highest BCUT2D eigenvalue weighted by molar-refractivity contribution is 8.16. The molecule has 0 aromatic heterocycles. The van der Waals surface area contributed by atoms with Crippen molar-refractivity contribution in [2.24, 2.45) is 0 Å². The molecule has 15 heavy (non-hydrogen) atoms. The van der Waals surface area contributed by atoms with Crippen molar-refractivity contribution in [3.05, 3.63) is 11.5 Å². The van der Waals surface area contributed by atoms with E-state index in [1.165, 1.54) is 6.42 Å². The van der Waals surface area contributed by atoms with Crippen LogP contribution in [0.5, 0.6) is 0 Å². The van der Waals surface area contributed by atoms with Crippen molar-refractivity contribution in [1.29, 1.82) is 0 Å². The van der Waals surface area contributed by atoms with Crippen LogP contribution in [-0.4, -0.2) is 31.9 Å². The van der Waals surface area contributed by atoms with Gasteiger partial charge in [0.2, 0.25) is 0 Å². The largest absolute Gasteiger partial charge is 0.295 e. The minimum Gasteiger partial charge on any atom is -0.295 e. The lowest BCUT2D eigenvalue weighted by molar-refractivity contribution is 0.140. The Balaban J connectivity index is 2.69. The highest BCUT2D eigenvalue weighted by atomic mass is 35.7. The highest BCUT2D eigenvalue weighted by Gasteiger charge is 2.22. The van der Waals surface area contributed by atoms with Gasteiger partial charge in [-0.1, -0.05) is 12.5 Å². The van der Waals surface area contributed by atoms with Crippen molar-refractivity contribution in [3.63, 3.8) is 0 Å². The van der Waals surface area contributed by atoms with Crippen LogP contribution in [0.1, 0.15) is 33.1 Å². The summed E-state index contributed by atoms with van der Waals surface area (Å²) in [7, 11) is 1.64. The van der Waals surface area contributed by atoms with E-state index in [2.05, 4.69) is 18.7 Å². The average molecular weight is 252 g/mol. The van der Waals surface area contributed by atoms with Gasteiger partial charge in [0.15, 0.2) is 0 Å². The molecule has 1 aliphatic heterocycles. The molecule has 0 aromatic rings. The Morgan fingerprint density at radius 3 is 2.60 bits per heavy atom. The smallest absolute Gasteiger partial charge is 0.254 e. The first-order valence-corrected chi connectivity index (χ1v) is 7.66. The third kappa shape index (κ3) is 4.53. The molecule has 0 spiro atoms. The molecule has 0 aliphatic carbocycles. The molecule has 88 valence electrons. The molecule has 1 aliphatic rings. The molecule has 1 heterocycles. The van der Waals surface area contributed by atoms with E-state index in [0.717, 1.165) is 24.8 Å². The number of nitrogens with zero attached hydrogens (tertiary/aromatic N) is 1. The van der Waals surface area contributed by atoms with Crippen LogP contribution in [0.4, 0.5) is 0 Å². The van der Waals surface area contributed by atoms with Crippen molar-refractivity contribution >= 4 is 19.7 Å². The number of hydrogen-bond donors (Lipinski definition) is 0. The lowest BCUT2D eigenvalue weighted by Gasteiger charge is -2.36. The molecule has 1 rings (SSSR count). The van der Waals surface area contributed by atoms with Crippen LogP contribution in [0.3, 0.4) is 0 Å². The van der Waals surface area contributed by atoms with Gasteiger partial charge < -0.3 is 0 Å². The molecule has 0 amide bonds. The first kappa shape index (κ1) is 13.0. The van der Waals surface area contributed by atoms with E-state index in [0.29, 0.717) is 6.04 Å². The van der Waals surface area contributed by atoms with Gasteiger partial charge in [0, 0.05) is 28.2 Å². The minimum absolute atomic E-state index is 0.215. The summed E-state index contributed by atoms with van der Waals surface area (Å²) < 4.78 is 21.6. The Morgan fingerprint density at radius 1 is 1.40 bits per heavy atom. The molecule has 1 unspecified atom stereocenters. The van der Waals surface area contributed by atoms with Gasteiger partial charge in [-0.2, -0.15) is 0 Å². The first-order chi connectivity index (χ1) is 6.90. The Kier molecular flexibility index (Phi) is 4.62. The second-order valence-electron chi connectivity index (χ2n) is 4.20. The Hall–Kier alpha value is -0.0600. The van der Waals surface area contributed by atoms with Gasteiger partial charge >= 0.3 is 0 Å². The van der Waals surface area contributed by atoms with Crippen molar-refractivity contribution in [2.75, 3.05) is 6.54 Å². The van der Waals surface area contributed by atoms with Gasteiger partial charge in [-0.15, -0.1) is 0 Å². The number of likely N-dealkylation sites (tertiary alicyclic amines) is 1. The van der Waals surface area contributed by atoms with Crippen LogP contribution >= 0.6 is 10.7 Å². The van der Waals surface area contributed by atoms with Gasteiger partial charge in [-0.05, 0) is 33.2 Å². The highest BCUT2D eigenvalue weighted by Crippen LogP contribution is 2.20. The van der Waals surface area contributed by atoms with Crippen LogP contribution in [0.15, 0.2) is 11.5 Å². The summed E-state index contributed by atoms with van der Waals surface area (Å²) in [4.78, 5) is 2.31. The third-order valence-corrected chi connectivity index (χ3v) is 3.51. The molecule has 3 nitrogen and oxygen atoms in total. The number of halogens is 1. The zero-order valence-electron chi connectivity index (χ0n) is 9.19. The van der Waals surface area contributed by atoms with Crippen LogP contribution < -0.4 is 0 Å². The summed E-state index contributed by atoms with van der Waals surface area (Å²) in [6.45, 7) is 5.29. The Bertz CT molecular complexity index is 324. The fourth-order valence-electron chi connectivity index (χ4n) is 2.01. The van der Waals surface area contributed by atoms with Crippen molar-refractivity contribution in [3.8, 4) is 0 Å². The van der Waals surface area contributed by atoms with E-state index < -0.39 is 9.05 Å². The molecule has 0 saturated carbocycles. The molecule has 0 bridgehead atoms. The summed E-state index contributed by atoms with van der Waals surface area (Å²) in [6, 6.07) is 0.658. The molecule has 1 fully saturated rings. The monoisotopic (exact) mass is 251 g/mol. The predicted molar refractivity (Wildman–Crippen MR) is 63.4 cm³/mol. The van der Waals surface area contributed by atoms with Crippen LogP contribution in [-0.2, 0) is 9.05 Å². The zero-order chi connectivity index (χ0) is 11.5. The maximum absolute atomic E-state index is 10.8. The summed E-state index contributed by atoms with van der Waals surface area (Å²) in [5.74, 6) is 0. The number of rotatable bonds is 3. The number of hydrogen-bond acceptors (Lipinski definition) is 3. The van der Waals surface area contributed by atoms with Gasteiger partial charge in [-0.3, -0.25) is 4.90 Å². The Morgan fingerprint density at radius 2 is 2.07 bits per heavy atom. The van der Waals surface area contributed by atoms with E-state index in [1.807, 2.05) is 0 Å². The quantitative estimate of drug-likeness (QED) is 0.723.